The van der Waals surface area contributed by atoms with Crippen molar-refractivity contribution in [1.29, 1.82) is 0 Å². The van der Waals surface area contributed by atoms with Gasteiger partial charge in [0.15, 0.2) is 0 Å². The predicted molar refractivity (Wildman–Crippen MR) is 106 cm³/mol. The lowest BCUT2D eigenvalue weighted by Gasteiger charge is -2.46. The fourth-order valence-corrected chi connectivity index (χ4v) is 4.28. The molecule has 1 heterocycles. The molecular formula is C24H28O2. The predicted octanol–water partition coefficient (Wildman–Crippen LogP) is 5.79. The molecule has 3 atom stereocenters. The van der Waals surface area contributed by atoms with Crippen molar-refractivity contribution in [3.8, 4) is 11.5 Å². The van der Waals surface area contributed by atoms with Crippen LogP contribution in [0.5, 0.6) is 11.5 Å². The number of hydrogen-bond donors (Lipinski definition) is 1. The lowest BCUT2D eigenvalue weighted by Crippen LogP contribution is -2.45. The van der Waals surface area contributed by atoms with Crippen molar-refractivity contribution in [2.45, 2.75) is 57.8 Å². The number of phenolic OH excluding ortho intramolecular Hbond substituents is 1. The van der Waals surface area contributed by atoms with E-state index in [0.29, 0.717) is 29.7 Å². The van der Waals surface area contributed by atoms with Crippen molar-refractivity contribution >= 4 is 0 Å². The first kappa shape index (κ1) is 11.5. The first-order chi connectivity index (χ1) is 14.9. The summed E-state index contributed by atoms with van der Waals surface area (Å²) in [4.78, 5) is 0. The molecule has 1 unspecified atom stereocenters. The summed E-state index contributed by atoms with van der Waals surface area (Å²) in [6.45, 7) is -3.07. The number of fused-ring (bicyclic) bond motifs is 3. The Kier molecular flexibility index (Phi) is 2.87. The molecule has 0 saturated carbocycles. The fraction of sp³-hybridized carbons (Fsp3) is 0.417. The Hall–Kier alpha value is -2.22. The first-order valence-electron chi connectivity index (χ1n) is 12.2. The molecule has 2 aliphatic rings. The summed E-state index contributed by atoms with van der Waals surface area (Å²) < 4.78 is 54.1. The molecule has 0 fully saturated rings. The van der Waals surface area contributed by atoms with Crippen molar-refractivity contribution < 1.29 is 18.1 Å². The number of allylic oxidation sites excluding steroid dienone is 2. The Morgan fingerprint density at radius 2 is 2.00 bits per heavy atom. The summed E-state index contributed by atoms with van der Waals surface area (Å²) in [5.74, 6) is -0.640. The molecule has 1 aliphatic heterocycles. The SMILES string of the molecule is [2H]C([2H])([2H])C1=C[C@H]2c3c(O)cc(CCc4ccccc4)cc3OC(C)(C([2H])([2H])[2H])[C@@H]2CC1. The van der Waals surface area contributed by atoms with E-state index in [2.05, 4.69) is 0 Å². The summed E-state index contributed by atoms with van der Waals surface area (Å²) in [5, 5.41) is 10.9. The van der Waals surface area contributed by atoms with Gasteiger partial charge < -0.3 is 9.84 Å². The number of aryl methyl sites for hydroxylation is 2. The highest BCUT2D eigenvalue weighted by molar-refractivity contribution is 5.54. The van der Waals surface area contributed by atoms with Gasteiger partial charge in [-0.2, -0.15) is 0 Å². The Balaban J connectivity index is 1.77. The smallest absolute Gasteiger partial charge is 0.127 e. The van der Waals surface area contributed by atoms with Crippen LogP contribution in [-0.2, 0) is 12.8 Å². The number of ether oxygens (including phenoxy) is 1. The van der Waals surface area contributed by atoms with Crippen LogP contribution in [0.15, 0.2) is 54.1 Å². The molecule has 0 saturated heterocycles. The van der Waals surface area contributed by atoms with Crippen molar-refractivity contribution in [1.82, 2.24) is 0 Å². The molecular weight excluding hydrogens is 320 g/mol. The zero-order valence-electron chi connectivity index (χ0n) is 21.0. The highest BCUT2D eigenvalue weighted by Crippen LogP contribution is 2.53. The van der Waals surface area contributed by atoms with Gasteiger partial charge in [0.25, 0.3) is 0 Å². The van der Waals surface area contributed by atoms with Crippen molar-refractivity contribution in [2.75, 3.05) is 0 Å². The minimum absolute atomic E-state index is 0.0243. The average Bonchev–Trinajstić information content (AvgIpc) is 2.71. The molecule has 2 heteroatoms. The average molecular weight is 355 g/mol. The van der Waals surface area contributed by atoms with E-state index < -0.39 is 31.1 Å². The summed E-state index contributed by atoms with van der Waals surface area (Å²) in [6, 6.07) is 13.5. The van der Waals surface area contributed by atoms with Gasteiger partial charge in [-0.25, -0.2) is 0 Å². The third-order valence-corrected chi connectivity index (χ3v) is 5.63. The van der Waals surface area contributed by atoms with Gasteiger partial charge >= 0.3 is 0 Å². The third kappa shape index (κ3) is 3.13. The topological polar surface area (TPSA) is 29.5 Å². The zero-order valence-corrected chi connectivity index (χ0v) is 15.0. The van der Waals surface area contributed by atoms with E-state index in [4.69, 9.17) is 13.0 Å². The van der Waals surface area contributed by atoms with Crippen molar-refractivity contribution in [3.63, 3.8) is 0 Å². The van der Waals surface area contributed by atoms with E-state index in [1.807, 2.05) is 30.3 Å². The van der Waals surface area contributed by atoms with Crippen LogP contribution in [0.4, 0.5) is 0 Å². The highest BCUT2D eigenvalue weighted by Gasteiger charge is 2.45. The standard InChI is InChI=1S/C24H28O2/c1-16-9-12-20-19(13-16)23-21(25)14-18(15-22(23)26-24(20,2)3)11-10-17-7-5-4-6-8-17/h4-8,13-15,19-20,25H,9-12H2,1-3H3/t19-,20-/m1/s1/i1D3,2D3/t19-,20-,24?. The van der Waals surface area contributed by atoms with Crippen LogP contribution in [0, 0.1) is 5.92 Å². The second-order valence-electron chi connectivity index (χ2n) is 7.58. The van der Waals surface area contributed by atoms with Crippen LogP contribution < -0.4 is 4.74 Å². The Labute approximate surface area is 165 Å². The molecule has 0 bridgehead atoms. The molecule has 2 aromatic carbocycles. The minimum Gasteiger partial charge on any atom is -0.507 e. The molecule has 0 aromatic heterocycles. The largest absolute Gasteiger partial charge is 0.507 e. The molecule has 0 amide bonds. The van der Waals surface area contributed by atoms with Crippen LogP contribution in [0.1, 0.15) is 64.3 Å². The van der Waals surface area contributed by atoms with E-state index >= 15 is 0 Å². The molecule has 4 rings (SSSR count). The Bertz CT molecular complexity index is 1030. The number of hydrogen-bond acceptors (Lipinski definition) is 2. The number of benzene rings is 2. The van der Waals surface area contributed by atoms with Gasteiger partial charge in [-0.1, -0.05) is 42.0 Å². The summed E-state index contributed by atoms with van der Waals surface area (Å²) in [5.41, 5.74) is 1.32. The molecule has 1 aliphatic carbocycles. The fourth-order valence-electron chi connectivity index (χ4n) is 4.28. The van der Waals surface area contributed by atoms with Crippen molar-refractivity contribution in [3.05, 3.63) is 70.8 Å². The van der Waals surface area contributed by atoms with E-state index in [1.165, 1.54) is 0 Å². The quantitative estimate of drug-likeness (QED) is 0.707. The summed E-state index contributed by atoms with van der Waals surface area (Å²) in [7, 11) is 0. The van der Waals surface area contributed by atoms with Gasteiger partial charge in [0, 0.05) is 25.6 Å². The number of phenols is 1. The monoisotopic (exact) mass is 354 g/mol. The Morgan fingerprint density at radius 3 is 2.77 bits per heavy atom. The molecule has 2 aromatic rings. The molecule has 2 nitrogen and oxygen atoms in total. The molecule has 136 valence electrons. The zero-order chi connectivity index (χ0) is 23.3. The second kappa shape index (κ2) is 6.50. The minimum atomic E-state index is -2.41. The van der Waals surface area contributed by atoms with Crippen LogP contribution in [0.25, 0.3) is 0 Å². The molecule has 1 N–H and O–H groups in total. The number of rotatable bonds is 3. The molecule has 0 radical (unpaired) electrons. The Morgan fingerprint density at radius 1 is 1.19 bits per heavy atom. The molecule has 0 spiro atoms. The van der Waals surface area contributed by atoms with Gasteiger partial charge in [-0.05, 0) is 69.6 Å². The van der Waals surface area contributed by atoms with Gasteiger partial charge in [0.2, 0.25) is 0 Å². The maximum absolute atomic E-state index is 10.9. The first-order valence-corrected chi connectivity index (χ1v) is 9.20. The van der Waals surface area contributed by atoms with Gasteiger partial charge in [0.1, 0.15) is 17.1 Å². The maximum atomic E-state index is 10.9. The normalized spacial score (nSPS) is 31.5. The maximum Gasteiger partial charge on any atom is 0.127 e. The van der Waals surface area contributed by atoms with E-state index in [0.717, 1.165) is 17.5 Å². The lowest BCUT2D eigenvalue weighted by molar-refractivity contribution is 0.0107. The van der Waals surface area contributed by atoms with Crippen molar-refractivity contribution in [2.24, 2.45) is 5.92 Å². The highest BCUT2D eigenvalue weighted by atomic mass is 16.5. The van der Waals surface area contributed by atoms with Crippen LogP contribution in [-0.4, -0.2) is 10.7 Å². The van der Waals surface area contributed by atoms with E-state index in [-0.39, 0.29) is 12.2 Å². The van der Waals surface area contributed by atoms with Crippen LogP contribution in [0.3, 0.4) is 0 Å². The van der Waals surface area contributed by atoms with Gasteiger partial charge in [0.05, 0.1) is 0 Å². The van der Waals surface area contributed by atoms with E-state index in [1.54, 1.807) is 25.1 Å². The second-order valence-corrected chi connectivity index (χ2v) is 7.58. The van der Waals surface area contributed by atoms with E-state index in [9.17, 15) is 5.11 Å². The van der Waals surface area contributed by atoms with Crippen LogP contribution in [0.2, 0.25) is 0 Å². The molecule has 26 heavy (non-hydrogen) atoms. The van der Waals surface area contributed by atoms with Gasteiger partial charge in [-0.15, -0.1) is 0 Å². The summed E-state index contributed by atoms with van der Waals surface area (Å²) >= 11 is 0. The van der Waals surface area contributed by atoms with Crippen LogP contribution >= 0.6 is 0 Å². The lowest BCUT2D eigenvalue weighted by atomic mass is 9.68. The summed E-state index contributed by atoms with van der Waals surface area (Å²) in [6.07, 6.45) is 3.74. The number of aromatic hydroxyl groups is 1. The van der Waals surface area contributed by atoms with Gasteiger partial charge in [-0.3, -0.25) is 0 Å². The third-order valence-electron chi connectivity index (χ3n) is 5.63.